The van der Waals surface area contributed by atoms with Crippen LogP contribution in [0.4, 0.5) is 0 Å². The summed E-state index contributed by atoms with van der Waals surface area (Å²) in [5, 5.41) is 8.96. The SMILES string of the molecule is OCCc1cccc(-c2ccc3c(c2)OCCO3)n1. The van der Waals surface area contributed by atoms with E-state index in [0.29, 0.717) is 19.6 Å². The van der Waals surface area contributed by atoms with Crippen LogP contribution in [0.3, 0.4) is 0 Å². The van der Waals surface area contributed by atoms with Crippen molar-refractivity contribution in [2.75, 3.05) is 19.8 Å². The molecule has 4 nitrogen and oxygen atoms in total. The Balaban J connectivity index is 1.95. The third kappa shape index (κ3) is 2.53. The number of pyridine rings is 1. The van der Waals surface area contributed by atoms with Gasteiger partial charge in [-0.25, -0.2) is 0 Å². The number of nitrogens with zero attached hydrogens (tertiary/aromatic N) is 1. The minimum Gasteiger partial charge on any atom is -0.486 e. The minimum atomic E-state index is 0.109. The van der Waals surface area contributed by atoms with Crippen molar-refractivity contribution in [3.8, 4) is 22.8 Å². The van der Waals surface area contributed by atoms with Gasteiger partial charge >= 0.3 is 0 Å². The van der Waals surface area contributed by atoms with Crippen LogP contribution < -0.4 is 9.47 Å². The minimum absolute atomic E-state index is 0.109. The van der Waals surface area contributed by atoms with Gasteiger partial charge in [-0.3, -0.25) is 4.98 Å². The van der Waals surface area contributed by atoms with Crippen LogP contribution in [0.1, 0.15) is 5.69 Å². The van der Waals surface area contributed by atoms with E-state index in [-0.39, 0.29) is 6.61 Å². The van der Waals surface area contributed by atoms with Gasteiger partial charge in [0.1, 0.15) is 13.2 Å². The van der Waals surface area contributed by atoms with Crippen LogP contribution in [0.15, 0.2) is 36.4 Å². The highest BCUT2D eigenvalue weighted by atomic mass is 16.6. The third-order valence-corrected chi connectivity index (χ3v) is 3.01. The fraction of sp³-hybridized carbons (Fsp3) is 0.267. The largest absolute Gasteiger partial charge is 0.486 e. The second-order valence-corrected chi connectivity index (χ2v) is 4.35. The summed E-state index contributed by atoms with van der Waals surface area (Å²) in [7, 11) is 0. The van der Waals surface area contributed by atoms with E-state index in [4.69, 9.17) is 14.6 Å². The van der Waals surface area contributed by atoms with Crippen LogP contribution in [0, 0.1) is 0 Å². The van der Waals surface area contributed by atoms with Crippen LogP contribution >= 0.6 is 0 Å². The average molecular weight is 257 g/mol. The van der Waals surface area contributed by atoms with Crippen molar-refractivity contribution in [2.24, 2.45) is 0 Å². The smallest absolute Gasteiger partial charge is 0.162 e. The lowest BCUT2D eigenvalue weighted by molar-refractivity contribution is 0.171. The molecule has 1 aromatic carbocycles. The zero-order valence-corrected chi connectivity index (χ0v) is 10.5. The molecule has 98 valence electrons. The van der Waals surface area contributed by atoms with Crippen LogP contribution in [0.25, 0.3) is 11.3 Å². The number of aliphatic hydroxyl groups excluding tert-OH is 1. The van der Waals surface area contributed by atoms with E-state index >= 15 is 0 Å². The van der Waals surface area contributed by atoms with Crippen molar-refractivity contribution in [3.63, 3.8) is 0 Å². The number of ether oxygens (including phenoxy) is 2. The predicted octanol–water partition coefficient (Wildman–Crippen LogP) is 2.05. The normalized spacial score (nSPS) is 13.3. The molecule has 0 amide bonds. The summed E-state index contributed by atoms with van der Waals surface area (Å²) in [5.41, 5.74) is 2.75. The molecule has 0 saturated carbocycles. The van der Waals surface area contributed by atoms with Crippen LogP contribution in [-0.2, 0) is 6.42 Å². The van der Waals surface area contributed by atoms with E-state index < -0.39 is 0 Å². The first-order chi connectivity index (χ1) is 9.36. The van der Waals surface area contributed by atoms with Crippen molar-refractivity contribution in [1.82, 2.24) is 4.98 Å². The Kier molecular flexibility index (Phi) is 3.33. The highest BCUT2D eigenvalue weighted by Crippen LogP contribution is 2.33. The molecule has 3 rings (SSSR count). The zero-order chi connectivity index (χ0) is 13.1. The van der Waals surface area contributed by atoms with E-state index in [9.17, 15) is 0 Å². The maximum Gasteiger partial charge on any atom is 0.162 e. The summed E-state index contributed by atoms with van der Waals surface area (Å²) in [5.74, 6) is 1.54. The molecule has 0 bridgehead atoms. The van der Waals surface area contributed by atoms with Gasteiger partial charge in [-0.05, 0) is 30.3 Å². The first-order valence-corrected chi connectivity index (χ1v) is 6.33. The second kappa shape index (κ2) is 5.28. The van der Waals surface area contributed by atoms with Gasteiger partial charge in [0.15, 0.2) is 11.5 Å². The van der Waals surface area contributed by atoms with Crippen LogP contribution in [-0.4, -0.2) is 29.9 Å². The number of aromatic nitrogens is 1. The lowest BCUT2D eigenvalue weighted by Gasteiger charge is -2.18. The monoisotopic (exact) mass is 257 g/mol. The summed E-state index contributed by atoms with van der Waals surface area (Å²) in [6, 6.07) is 11.6. The molecule has 4 heteroatoms. The molecule has 19 heavy (non-hydrogen) atoms. The Hall–Kier alpha value is -2.07. The van der Waals surface area contributed by atoms with Gasteiger partial charge in [-0.2, -0.15) is 0 Å². The lowest BCUT2D eigenvalue weighted by atomic mass is 10.1. The molecule has 0 unspecified atom stereocenters. The van der Waals surface area contributed by atoms with Gasteiger partial charge < -0.3 is 14.6 Å². The Labute approximate surface area is 111 Å². The molecule has 2 aromatic rings. The molecule has 1 N–H and O–H groups in total. The fourth-order valence-corrected chi connectivity index (χ4v) is 2.10. The Bertz CT molecular complexity index is 583. The standard InChI is InChI=1S/C15H15NO3/c17-7-6-12-2-1-3-13(16-12)11-4-5-14-15(10-11)19-9-8-18-14/h1-5,10,17H,6-9H2. The van der Waals surface area contributed by atoms with Crippen LogP contribution in [0.2, 0.25) is 0 Å². The quantitative estimate of drug-likeness (QED) is 0.914. The summed E-state index contributed by atoms with van der Waals surface area (Å²) < 4.78 is 11.1. The summed E-state index contributed by atoms with van der Waals surface area (Å²) >= 11 is 0. The van der Waals surface area contributed by atoms with Crippen molar-refractivity contribution < 1.29 is 14.6 Å². The fourth-order valence-electron chi connectivity index (χ4n) is 2.10. The molecule has 0 spiro atoms. The van der Waals surface area contributed by atoms with Crippen molar-refractivity contribution >= 4 is 0 Å². The van der Waals surface area contributed by atoms with E-state index in [0.717, 1.165) is 28.5 Å². The predicted molar refractivity (Wildman–Crippen MR) is 71.5 cm³/mol. The van der Waals surface area contributed by atoms with Gasteiger partial charge in [-0.1, -0.05) is 6.07 Å². The Morgan fingerprint density at radius 3 is 2.74 bits per heavy atom. The molecule has 0 radical (unpaired) electrons. The maximum absolute atomic E-state index is 8.96. The molecular weight excluding hydrogens is 242 g/mol. The van der Waals surface area contributed by atoms with Crippen molar-refractivity contribution in [1.29, 1.82) is 0 Å². The Morgan fingerprint density at radius 2 is 1.89 bits per heavy atom. The maximum atomic E-state index is 8.96. The molecule has 1 aromatic heterocycles. The second-order valence-electron chi connectivity index (χ2n) is 4.35. The molecule has 1 aliphatic rings. The summed E-state index contributed by atoms with van der Waals surface area (Å²) in [6.07, 6.45) is 0.568. The van der Waals surface area contributed by atoms with E-state index in [2.05, 4.69) is 4.98 Å². The van der Waals surface area contributed by atoms with Gasteiger partial charge in [0.25, 0.3) is 0 Å². The molecule has 0 saturated heterocycles. The number of fused-ring (bicyclic) bond motifs is 1. The first-order valence-electron chi connectivity index (χ1n) is 6.33. The first kappa shape index (κ1) is 12.0. The van der Waals surface area contributed by atoms with Crippen LogP contribution in [0.5, 0.6) is 11.5 Å². The third-order valence-electron chi connectivity index (χ3n) is 3.01. The number of benzene rings is 1. The van der Waals surface area contributed by atoms with Crippen molar-refractivity contribution in [3.05, 3.63) is 42.1 Å². The average Bonchev–Trinajstić information content (AvgIpc) is 2.47. The molecular formula is C15H15NO3. The molecule has 0 aliphatic carbocycles. The number of hydrogen-bond acceptors (Lipinski definition) is 4. The van der Waals surface area contributed by atoms with Gasteiger partial charge in [0, 0.05) is 24.3 Å². The molecule has 1 aliphatic heterocycles. The van der Waals surface area contributed by atoms with E-state index in [1.165, 1.54) is 0 Å². The lowest BCUT2D eigenvalue weighted by Crippen LogP contribution is -2.15. The summed E-state index contributed by atoms with van der Waals surface area (Å²) in [4.78, 5) is 4.53. The highest BCUT2D eigenvalue weighted by molar-refractivity contribution is 5.64. The molecule has 2 heterocycles. The highest BCUT2D eigenvalue weighted by Gasteiger charge is 2.12. The number of aliphatic hydroxyl groups is 1. The zero-order valence-electron chi connectivity index (χ0n) is 10.5. The number of rotatable bonds is 3. The topological polar surface area (TPSA) is 51.6 Å². The number of hydrogen-bond donors (Lipinski definition) is 1. The van der Waals surface area contributed by atoms with Gasteiger partial charge in [-0.15, -0.1) is 0 Å². The molecule has 0 atom stereocenters. The Morgan fingerprint density at radius 1 is 1.05 bits per heavy atom. The summed E-state index contributed by atoms with van der Waals surface area (Å²) in [6.45, 7) is 1.28. The van der Waals surface area contributed by atoms with E-state index in [1.54, 1.807) is 0 Å². The van der Waals surface area contributed by atoms with E-state index in [1.807, 2.05) is 36.4 Å². The van der Waals surface area contributed by atoms with Gasteiger partial charge in [0.05, 0.1) is 5.69 Å². The van der Waals surface area contributed by atoms with Crippen molar-refractivity contribution in [2.45, 2.75) is 6.42 Å². The molecule has 0 fully saturated rings. The van der Waals surface area contributed by atoms with Gasteiger partial charge in [0.2, 0.25) is 0 Å².